The van der Waals surface area contributed by atoms with Crippen LogP contribution in [0.15, 0.2) is 72.9 Å². The van der Waals surface area contributed by atoms with Gasteiger partial charge in [-0.1, -0.05) is 36.4 Å². The minimum absolute atomic E-state index is 0.207. The minimum atomic E-state index is 0.207. The minimum Gasteiger partial charge on any atom is -0.368 e. The van der Waals surface area contributed by atoms with Gasteiger partial charge in [0.05, 0.1) is 34.9 Å². The number of pyridine rings is 1. The van der Waals surface area contributed by atoms with E-state index in [0.29, 0.717) is 23.0 Å². The van der Waals surface area contributed by atoms with E-state index in [1.807, 2.05) is 36.4 Å². The van der Waals surface area contributed by atoms with Crippen molar-refractivity contribution in [1.29, 1.82) is 5.26 Å². The van der Waals surface area contributed by atoms with E-state index in [4.69, 9.17) is 11.0 Å². The second-order valence-electron chi connectivity index (χ2n) is 8.54. The van der Waals surface area contributed by atoms with Crippen LogP contribution in [0.2, 0.25) is 0 Å². The van der Waals surface area contributed by atoms with Crippen molar-refractivity contribution < 1.29 is 0 Å². The van der Waals surface area contributed by atoms with Crippen LogP contribution < -0.4 is 11.1 Å². The number of nitrogens with zero attached hydrogens (tertiary/aromatic N) is 7. The summed E-state index contributed by atoms with van der Waals surface area (Å²) >= 11 is 0. The zero-order valence-electron chi connectivity index (χ0n) is 19.3. The first-order valence-corrected chi connectivity index (χ1v) is 11.6. The third kappa shape index (κ3) is 4.01. The molecule has 1 aliphatic rings. The monoisotopic (exact) mass is 471 g/mol. The normalized spacial score (nSPS) is 12.2. The molecule has 3 aromatic heterocycles. The van der Waals surface area contributed by atoms with Gasteiger partial charge in [-0.2, -0.15) is 14.9 Å². The van der Waals surface area contributed by atoms with Crippen LogP contribution in [0.25, 0.3) is 28.3 Å². The Balaban J connectivity index is 1.25. The van der Waals surface area contributed by atoms with Crippen molar-refractivity contribution in [3.05, 3.63) is 89.6 Å². The van der Waals surface area contributed by atoms with Gasteiger partial charge in [-0.3, -0.25) is 4.98 Å². The number of hydrogen-bond acceptors (Lipinski definition) is 8. The van der Waals surface area contributed by atoms with Gasteiger partial charge in [0.2, 0.25) is 11.9 Å². The molecule has 0 aliphatic heterocycles. The largest absolute Gasteiger partial charge is 0.368 e. The number of fused-ring (bicyclic) bond motifs is 3. The summed E-state index contributed by atoms with van der Waals surface area (Å²) in [5.74, 6) is 1.06. The van der Waals surface area contributed by atoms with Crippen molar-refractivity contribution in [3.8, 4) is 34.4 Å². The molecule has 0 amide bonds. The van der Waals surface area contributed by atoms with E-state index in [9.17, 15) is 0 Å². The summed E-state index contributed by atoms with van der Waals surface area (Å²) in [7, 11) is 0. The molecule has 6 rings (SSSR count). The molecule has 0 bridgehead atoms. The maximum absolute atomic E-state index is 9.12. The summed E-state index contributed by atoms with van der Waals surface area (Å²) in [5.41, 5.74) is 13.6. The molecule has 9 nitrogen and oxygen atoms in total. The van der Waals surface area contributed by atoms with Gasteiger partial charge in [0, 0.05) is 11.1 Å². The van der Waals surface area contributed by atoms with Gasteiger partial charge in [0.25, 0.3) is 0 Å². The fraction of sp³-hybridized carbons (Fsp3) is 0.111. The van der Waals surface area contributed by atoms with Crippen molar-refractivity contribution in [2.45, 2.75) is 19.3 Å². The number of rotatable bonds is 4. The van der Waals surface area contributed by atoms with Crippen LogP contribution in [-0.4, -0.2) is 29.9 Å². The molecule has 0 spiro atoms. The molecule has 0 saturated heterocycles. The van der Waals surface area contributed by atoms with E-state index in [0.717, 1.165) is 47.3 Å². The Kier molecular flexibility index (Phi) is 5.31. The fourth-order valence-electron chi connectivity index (χ4n) is 4.44. The van der Waals surface area contributed by atoms with E-state index in [2.05, 4.69) is 54.8 Å². The van der Waals surface area contributed by atoms with Crippen LogP contribution in [0.3, 0.4) is 0 Å². The van der Waals surface area contributed by atoms with Crippen molar-refractivity contribution in [3.63, 3.8) is 0 Å². The molecule has 36 heavy (non-hydrogen) atoms. The maximum Gasteiger partial charge on any atom is 0.248 e. The predicted octanol–water partition coefficient (Wildman–Crippen LogP) is 4.47. The average molecular weight is 472 g/mol. The molecule has 9 heteroatoms. The molecule has 0 saturated carbocycles. The van der Waals surface area contributed by atoms with Gasteiger partial charge in [-0.05, 0) is 60.7 Å². The average Bonchev–Trinajstić information content (AvgIpc) is 3.18. The van der Waals surface area contributed by atoms with Gasteiger partial charge in [0.1, 0.15) is 0 Å². The quantitative estimate of drug-likeness (QED) is 0.392. The highest BCUT2D eigenvalue weighted by atomic mass is 15.4. The van der Waals surface area contributed by atoms with Crippen molar-refractivity contribution >= 4 is 17.6 Å². The predicted molar refractivity (Wildman–Crippen MR) is 136 cm³/mol. The lowest BCUT2D eigenvalue weighted by atomic mass is 10.0. The Labute approximate surface area is 207 Å². The van der Waals surface area contributed by atoms with E-state index in [-0.39, 0.29) is 5.95 Å². The summed E-state index contributed by atoms with van der Waals surface area (Å²) in [6.45, 7) is 0. The highest BCUT2D eigenvalue weighted by molar-refractivity contribution is 5.68. The maximum atomic E-state index is 9.12. The van der Waals surface area contributed by atoms with Crippen LogP contribution in [-0.2, 0) is 12.8 Å². The number of aromatic nitrogens is 6. The lowest BCUT2D eigenvalue weighted by Gasteiger charge is -2.09. The third-order valence-corrected chi connectivity index (χ3v) is 6.18. The van der Waals surface area contributed by atoms with Gasteiger partial charge in [0.15, 0.2) is 5.82 Å². The number of nitrogen functional groups attached to an aromatic ring is 1. The van der Waals surface area contributed by atoms with Crippen LogP contribution in [0.4, 0.5) is 17.6 Å². The zero-order chi connectivity index (χ0) is 24.5. The van der Waals surface area contributed by atoms with Crippen molar-refractivity contribution in [2.24, 2.45) is 0 Å². The Morgan fingerprint density at radius 3 is 2.69 bits per heavy atom. The molecular weight excluding hydrogens is 450 g/mol. The number of aryl methyl sites for hydroxylation is 2. The van der Waals surface area contributed by atoms with Crippen LogP contribution in [0, 0.1) is 11.3 Å². The van der Waals surface area contributed by atoms with Gasteiger partial charge < -0.3 is 11.1 Å². The topological polar surface area (TPSA) is 131 Å². The van der Waals surface area contributed by atoms with Crippen LogP contribution in [0.5, 0.6) is 0 Å². The standard InChI is InChI=1S/C27H21N9/c28-15-17-5-3-8-19(13-17)23-12-11-21(16-30-23)31-27-32-26(29)36(35-27)24-14-20-9-4-7-18-6-1-2-10-22(18)25(20)34-33-24/h1-3,5-6,8,10-14,16H,4,7,9H2,(H3,29,31,32,35). The lowest BCUT2D eigenvalue weighted by molar-refractivity contribution is 0.801. The van der Waals surface area contributed by atoms with E-state index < -0.39 is 0 Å². The molecule has 5 aromatic rings. The molecule has 0 unspecified atom stereocenters. The van der Waals surface area contributed by atoms with Crippen LogP contribution in [0.1, 0.15) is 23.1 Å². The SMILES string of the molecule is N#Cc1cccc(-c2ccc(Nc3nc(N)n(-c4cc5c(nn4)-c4ccccc4CCC5)n3)cn2)c1. The molecule has 0 fully saturated rings. The highest BCUT2D eigenvalue weighted by Gasteiger charge is 2.19. The lowest BCUT2D eigenvalue weighted by Crippen LogP contribution is -2.08. The van der Waals surface area contributed by atoms with Crippen molar-refractivity contribution in [2.75, 3.05) is 11.1 Å². The molecule has 3 heterocycles. The fourth-order valence-corrected chi connectivity index (χ4v) is 4.44. The Bertz CT molecular complexity index is 1610. The Hall–Kier alpha value is -5.10. The van der Waals surface area contributed by atoms with Crippen LogP contribution >= 0.6 is 0 Å². The van der Waals surface area contributed by atoms with E-state index in [1.165, 1.54) is 10.2 Å². The van der Waals surface area contributed by atoms with Crippen molar-refractivity contribution in [1.82, 2.24) is 29.9 Å². The molecule has 2 aromatic carbocycles. The summed E-state index contributed by atoms with van der Waals surface area (Å²) in [6, 6.07) is 23.5. The summed E-state index contributed by atoms with van der Waals surface area (Å²) < 4.78 is 1.49. The second kappa shape index (κ2) is 8.92. The molecule has 174 valence electrons. The first-order valence-electron chi connectivity index (χ1n) is 11.6. The Morgan fingerprint density at radius 2 is 1.83 bits per heavy atom. The van der Waals surface area contributed by atoms with Gasteiger partial charge in [-0.15, -0.1) is 15.3 Å². The zero-order valence-corrected chi connectivity index (χ0v) is 19.3. The van der Waals surface area contributed by atoms with Gasteiger partial charge in [-0.25, -0.2) is 0 Å². The van der Waals surface area contributed by atoms with E-state index in [1.54, 1.807) is 18.3 Å². The number of benzene rings is 2. The molecular formula is C27H21N9. The summed E-state index contributed by atoms with van der Waals surface area (Å²) in [4.78, 5) is 8.83. The number of nitrogens with two attached hydrogens (primary N) is 1. The summed E-state index contributed by atoms with van der Waals surface area (Å²) in [6.07, 6.45) is 4.64. The smallest absolute Gasteiger partial charge is 0.248 e. The first-order chi connectivity index (χ1) is 17.7. The molecule has 0 atom stereocenters. The van der Waals surface area contributed by atoms with E-state index >= 15 is 0 Å². The number of nitrogens with one attached hydrogen (secondary N) is 1. The third-order valence-electron chi connectivity index (χ3n) is 6.18. The molecule has 0 radical (unpaired) electrons. The number of anilines is 3. The Morgan fingerprint density at radius 1 is 0.944 bits per heavy atom. The number of nitriles is 1. The van der Waals surface area contributed by atoms with Gasteiger partial charge >= 0.3 is 0 Å². The second-order valence-corrected chi connectivity index (χ2v) is 8.54. The highest BCUT2D eigenvalue weighted by Crippen LogP contribution is 2.31. The molecule has 1 aliphatic carbocycles. The summed E-state index contributed by atoms with van der Waals surface area (Å²) in [5, 5.41) is 25.7. The molecule has 3 N–H and O–H groups in total. The first kappa shape index (κ1) is 21.4. The number of hydrogen-bond donors (Lipinski definition) is 2.